The van der Waals surface area contributed by atoms with Gasteiger partial charge in [-0.25, -0.2) is 9.97 Å². The SMILES string of the molecule is Cc1nc(CCN)cc(N2CCCCC2CC(N)=O)n1. The molecule has 6 nitrogen and oxygen atoms in total. The zero-order valence-electron chi connectivity index (χ0n) is 12.0. The first kappa shape index (κ1) is 14.7. The van der Waals surface area contributed by atoms with Crippen LogP contribution < -0.4 is 16.4 Å². The lowest BCUT2D eigenvalue weighted by molar-refractivity contribution is -0.118. The van der Waals surface area contributed by atoms with Gasteiger partial charge < -0.3 is 16.4 Å². The molecule has 1 aromatic rings. The van der Waals surface area contributed by atoms with E-state index in [0.29, 0.717) is 13.0 Å². The average molecular weight is 277 g/mol. The molecule has 1 aromatic heterocycles. The summed E-state index contributed by atoms with van der Waals surface area (Å²) in [5.74, 6) is 1.39. The van der Waals surface area contributed by atoms with Crippen molar-refractivity contribution in [3.63, 3.8) is 0 Å². The van der Waals surface area contributed by atoms with Gasteiger partial charge in [0.25, 0.3) is 0 Å². The van der Waals surface area contributed by atoms with Gasteiger partial charge in [0.05, 0.1) is 0 Å². The predicted octanol–water partition coefficient (Wildman–Crippen LogP) is 0.521. The standard InChI is InChI=1S/C14H23N5O/c1-10-17-11(5-6-15)8-14(18-10)19-7-3-2-4-12(19)9-13(16)20/h8,12H,2-7,9,15H2,1H3,(H2,16,20). The van der Waals surface area contributed by atoms with E-state index in [1.807, 2.05) is 13.0 Å². The van der Waals surface area contributed by atoms with Gasteiger partial charge in [-0.3, -0.25) is 4.79 Å². The highest BCUT2D eigenvalue weighted by atomic mass is 16.1. The molecular formula is C14H23N5O. The molecule has 1 aliphatic heterocycles. The van der Waals surface area contributed by atoms with Crippen molar-refractivity contribution in [1.29, 1.82) is 0 Å². The number of hydrogen-bond donors (Lipinski definition) is 2. The number of primary amides is 1. The molecule has 0 spiro atoms. The molecule has 4 N–H and O–H groups in total. The van der Waals surface area contributed by atoms with E-state index in [2.05, 4.69) is 14.9 Å². The van der Waals surface area contributed by atoms with E-state index in [9.17, 15) is 4.79 Å². The monoisotopic (exact) mass is 277 g/mol. The van der Waals surface area contributed by atoms with Gasteiger partial charge in [-0.15, -0.1) is 0 Å². The van der Waals surface area contributed by atoms with E-state index < -0.39 is 0 Å². The van der Waals surface area contributed by atoms with Gasteiger partial charge in [0.2, 0.25) is 5.91 Å². The van der Waals surface area contributed by atoms with Crippen LogP contribution in [-0.4, -0.2) is 35.0 Å². The summed E-state index contributed by atoms with van der Waals surface area (Å²) < 4.78 is 0. The Morgan fingerprint density at radius 1 is 1.45 bits per heavy atom. The lowest BCUT2D eigenvalue weighted by atomic mass is 9.99. The second kappa shape index (κ2) is 6.65. The zero-order chi connectivity index (χ0) is 14.5. The van der Waals surface area contributed by atoms with E-state index in [0.717, 1.165) is 49.6 Å². The Morgan fingerprint density at radius 2 is 2.25 bits per heavy atom. The van der Waals surface area contributed by atoms with Crippen molar-refractivity contribution >= 4 is 11.7 Å². The van der Waals surface area contributed by atoms with E-state index in [4.69, 9.17) is 11.5 Å². The molecule has 0 aliphatic carbocycles. The van der Waals surface area contributed by atoms with Crippen LogP contribution >= 0.6 is 0 Å². The molecule has 2 heterocycles. The van der Waals surface area contributed by atoms with Crippen LogP contribution in [0.4, 0.5) is 5.82 Å². The topological polar surface area (TPSA) is 98.1 Å². The number of anilines is 1. The van der Waals surface area contributed by atoms with E-state index in [1.165, 1.54) is 0 Å². The second-order valence-electron chi connectivity index (χ2n) is 5.32. The molecule has 20 heavy (non-hydrogen) atoms. The summed E-state index contributed by atoms with van der Waals surface area (Å²) in [7, 11) is 0. The van der Waals surface area contributed by atoms with Gasteiger partial charge in [-0.1, -0.05) is 0 Å². The predicted molar refractivity (Wildman–Crippen MR) is 78.3 cm³/mol. The summed E-state index contributed by atoms with van der Waals surface area (Å²) in [6, 6.07) is 2.14. The number of nitrogens with two attached hydrogens (primary N) is 2. The fraction of sp³-hybridized carbons (Fsp3) is 0.643. The molecule has 0 bridgehead atoms. The highest BCUT2D eigenvalue weighted by Crippen LogP contribution is 2.25. The molecule has 1 amide bonds. The second-order valence-corrected chi connectivity index (χ2v) is 5.32. The number of carbonyl (C=O) groups excluding carboxylic acids is 1. The molecule has 1 unspecified atom stereocenters. The highest BCUT2D eigenvalue weighted by molar-refractivity contribution is 5.75. The number of hydrogen-bond acceptors (Lipinski definition) is 5. The van der Waals surface area contributed by atoms with Crippen LogP contribution in [0.5, 0.6) is 0 Å². The zero-order valence-corrected chi connectivity index (χ0v) is 12.0. The van der Waals surface area contributed by atoms with Gasteiger partial charge in [0, 0.05) is 37.2 Å². The van der Waals surface area contributed by atoms with Crippen molar-refractivity contribution in [1.82, 2.24) is 9.97 Å². The number of aromatic nitrogens is 2. The summed E-state index contributed by atoms with van der Waals surface area (Å²) >= 11 is 0. The minimum Gasteiger partial charge on any atom is -0.370 e. The Morgan fingerprint density at radius 3 is 2.95 bits per heavy atom. The van der Waals surface area contributed by atoms with Crippen LogP contribution in [0.3, 0.4) is 0 Å². The van der Waals surface area contributed by atoms with Crippen molar-refractivity contribution in [2.24, 2.45) is 11.5 Å². The van der Waals surface area contributed by atoms with Crippen molar-refractivity contribution in [2.45, 2.75) is 45.1 Å². The smallest absolute Gasteiger partial charge is 0.219 e. The summed E-state index contributed by atoms with van der Waals surface area (Å²) in [4.78, 5) is 22.3. The van der Waals surface area contributed by atoms with E-state index in [-0.39, 0.29) is 11.9 Å². The van der Waals surface area contributed by atoms with Crippen LogP contribution in [0.1, 0.15) is 37.2 Å². The van der Waals surface area contributed by atoms with Crippen molar-refractivity contribution in [2.75, 3.05) is 18.0 Å². The highest BCUT2D eigenvalue weighted by Gasteiger charge is 2.25. The molecule has 1 saturated heterocycles. The van der Waals surface area contributed by atoms with Crippen LogP contribution in [0.2, 0.25) is 0 Å². The van der Waals surface area contributed by atoms with E-state index in [1.54, 1.807) is 0 Å². The molecule has 0 radical (unpaired) electrons. The van der Waals surface area contributed by atoms with Gasteiger partial charge in [0.15, 0.2) is 0 Å². The largest absolute Gasteiger partial charge is 0.370 e. The normalized spacial score (nSPS) is 19.1. The number of carbonyl (C=O) groups is 1. The molecule has 0 aromatic carbocycles. The summed E-state index contributed by atoms with van der Waals surface area (Å²) in [5, 5.41) is 0. The summed E-state index contributed by atoms with van der Waals surface area (Å²) in [5.41, 5.74) is 11.9. The number of aryl methyl sites for hydroxylation is 1. The average Bonchev–Trinajstić information content (AvgIpc) is 2.38. The molecule has 6 heteroatoms. The van der Waals surface area contributed by atoms with Crippen LogP contribution in [-0.2, 0) is 11.2 Å². The molecule has 2 rings (SSSR count). The third-order valence-corrected chi connectivity index (χ3v) is 3.64. The molecule has 1 atom stereocenters. The number of rotatable bonds is 5. The number of nitrogens with zero attached hydrogens (tertiary/aromatic N) is 3. The van der Waals surface area contributed by atoms with Crippen LogP contribution in [0.15, 0.2) is 6.07 Å². The first-order valence-electron chi connectivity index (χ1n) is 7.19. The lowest BCUT2D eigenvalue weighted by Gasteiger charge is -2.36. The third-order valence-electron chi connectivity index (χ3n) is 3.64. The Bertz CT molecular complexity index is 477. The third kappa shape index (κ3) is 3.66. The van der Waals surface area contributed by atoms with Crippen LogP contribution in [0.25, 0.3) is 0 Å². The first-order chi connectivity index (χ1) is 9.60. The Hall–Kier alpha value is -1.69. The number of amides is 1. The van der Waals surface area contributed by atoms with Crippen molar-refractivity contribution in [3.05, 3.63) is 17.6 Å². The molecule has 110 valence electrons. The van der Waals surface area contributed by atoms with Gasteiger partial charge in [-0.05, 0) is 32.7 Å². The minimum absolute atomic E-state index is 0.154. The fourth-order valence-electron chi connectivity index (χ4n) is 2.78. The molecule has 0 saturated carbocycles. The van der Waals surface area contributed by atoms with Crippen LogP contribution in [0, 0.1) is 6.92 Å². The van der Waals surface area contributed by atoms with Gasteiger partial charge >= 0.3 is 0 Å². The maximum Gasteiger partial charge on any atom is 0.219 e. The Labute approximate surface area is 119 Å². The summed E-state index contributed by atoms with van der Waals surface area (Å²) in [6.45, 7) is 3.37. The summed E-state index contributed by atoms with van der Waals surface area (Å²) in [6.07, 6.45) is 4.36. The first-order valence-corrected chi connectivity index (χ1v) is 7.19. The lowest BCUT2D eigenvalue weighted by Crippen LogP contribution is -2.42. The van der Waals surface area contributed by atoms with Gasteiger partial charge in [0.1, 0.15) is 11.6 Å². The Kier molecular flexibility index (Phi) is 4.89. The Balaban J connectivity index is 2.24. The van der Waals surface area contributed by atoms with Crippen molar-refractivity contribution < 1.29 is 4.79 Å². The molecular weight excluding hydrogens is 254 g/mol. The maximum atomic E-state index is 11.2. The molecule has 1 fully saturated rings. The fourth-order valence-corrected chi connectivity index (χ4v) is 2.78. The minimum atomic E-state index is -0.255. The molecule has 1 aliphatic rings. The van der Waals surface area contributed by atoms with Gasteiger partial charge in [-0.2, -0.15) is 0 Å². The maximum absolute atomic E-state index is 11.2. The quantitative estimate of drug-likeness (QED) is 0.817. The number of piperidine rings is 1. The van der Waals surface area contributed by atoms with E-state index >= 15 is 0 Å². The van der Waals surface area contributed by atoms with Crippen molar-refractivity contribution in [3.8, 4) is 0 Å².